The molecule has 3 nitrogen and oxygen atoms in total. The Morgan fingerprint density at radius 1 is 0.719 bits per heavy atom. The fraction of sp³-hybridized carbons (Fsp3) is 0.379. The molecule has 32 heavy (non-hydrogen) atoms. The number of aryl methyl sites for hydroxylation is 2. The number of hydrogen-bond donors (Lipinski definition) is 1. The quantitative estimate of drug-likeness (QED) is 0.309. The van der Waals surface area contributed by atoms with E-state index in [1.54, 1.807) is 0 Å². The number of ether oxygens (including phenoxy) is 2. The molecular formula is C29H35NO2. The first-order valence-corrected chi connectivity index (χ1v) is 12.0. The molecule has 168 valence electrons. The molecule has 0 spiro atoms. The Kier molecular flexibility index (Phi) is 8.62. The van der Waals surface area contributed by atoms with Gasteiger partial charge in [-0.25, -0.2) is 0 Å². The highest BCUT2D eigenvalue weighted by molar-refractivity contribution is 5.41. The second kappa shape index (κ2) is 12.3. The van der Waals surface area contributed by atoms with Gasteiger partial charge in [0.05, 0.1) is 13.2 Å². The molecule has 3 heteroatoms. The first-order chi connectivity index (χ1) is 15.9. The zero-order valence-corrected chi connectivity index (χ0v) is 19.0. The van der Waals surface area contributed by atoms with Gasteiger partial charge >= 0.3 is 0 Å². The third kappa shape index (κ3) is 7.72. The van der Waals surface area contributed by atoms with Gasteiger partial charge in [0.1, 0.15) is 11.5 Å². The van der Waals surface area contributed by atoms with Crippen LogP contribution in [0.3, 0.4) is 0 Å². The molecule has 0 bridgehead atoms. The number of hydrogen-bond acceptors (Lipinski definition) is 3. The Labute approximate surface area is 192 Å². The van der Waals surface area contributed by atoms with E-state index in [-0.39, 0.29) is 0 Å². The lowest BCUT2D eigenvalue weighted by Crippen LogP contribution is -2.17. The summed E-state index contributed by atoms with van der Waals surface area (Å²) in [6.45, 7) is 3.37. The van der Waals surface area contributed by atoms with Gasteiger partial charge in [-0.15, -0.1) is 0 Å². The van der Waals surface area contributed by atoms with Crippen LogP contribution < -0.4 is 14.8 Å². The molecule has 0 saturated heterocycles. The van der Waals surface area contributed by atoms with E-state index in [9.17, 15) is 0 Å². The van der Waals surface area contributed by atoms with Crippen LogP contribution in [0.5, 0.6) is 11.5 Å². The van der Waals surface area contributed by atoms with Crippen molar-refractivity contribution in [1.82, 2.24) is 5.32 Å². The van der Waals surface area contributed by atoms with Crippen molar-refractivity contribution in [3.8, 4) is 11.5 Å². The molecule has 3 aromatic carbocycles. The summed E-state index contributed by atoms with van der Waals surface area (Å²) in [7, 11) is 0. The zero-order chi connectivity index (χ0) is 21.8. The van der Waals surface area contributed by atoms with Crippen LogP contribution in [0, 0.1) is 5.92 Å². The molecule has 1 saturated carbocycles. The van der Waals surface area contributed by atoms with Gasteiger partial charge in [0.25, 0.3) is 0 Å². The molecule has 0 aromatic heterocycles. The SMILES string of the molecule is c1ccc(CCCOc2ccc(CNCC3CC3)c(OCCCc3ccccc3)c2)cc1. The Bertz CT molecular complexity index is 922. The van der Waals surface area contributed by atoms with Crippen LogP contribution in [0.15, 0.2) is 78.9 Å². The van der Waals surface area contributed by atoms with Crippen molar-refractivity contribution < 1.29 is 9.47 Å². The van der Waals surface area contributed by atoms with Crippen LogP contribution in [0.2, 0.25) is 0 Å². The highest BCUT2D eigenvalue weighted by Gasteiger charge is 2.20. The average Bonchev–Trinajstić information content (AvgIpc) is 3.66. The number of nitrogens with one attached hydrogen (secondary N) is 1. The summed E-state index contributed by atoms with van der Waals surface area (Å²) in [6.07, 6.45) is 6.80. The van der Waals surface area contributed by atoms with Crippen LogP contribution >= 0.6 is 0 Å². The third-order valence-electron chi connectivity index (χ3n) is 5.92. The summed E-state index contributed by atoms with van der Waals surface area (Å²) in [5.41, 5.74) is 3.93. The fourth-order valence-electron chi connectivity index (χ4n) is 3.85. The summed E-state index contributed by atoms with van der Waals surface area (Å²) in [5, 5.41) is 3.59. The molecule has 3 aromatic rings. The van der Waals surface area contributed by atoms with Gasteiger partial charge in [0.2, 0.25) is 0 Å². The molecule has 0 radical (unpaired) electrons. The number of rotatable bonds is 14. The maximum Gasteiger partial charge on any atom is 0.127 e. The highest BCUT2D eigenvalue weighted by atomic mass is 16.5. The van der Waals surface area contributed by atoms with E-state index in [2.05, 4.69) is 84.2 Å². The second-order valence-corrected chi connectivity index (χ2v) is 8.72. The van der Waals surface area contributed by atoms with Crippen molar-refractivity contribution in [1.29, 1.82) is 0 Å². The van der Waals surface area contributed by atoms with Gasteiger partial charge < -0.3 is 14.8 Å². The van der Waals surface area contributed by atoms with Crippen molar-refractivity contribution in [3.05, 3.63) is 95.6 Å². The Morgan fingerprint density at radius 3 is 1.97 bits per heavy atom. The largest absolute Gasteiger partial charge is 0.493 e. The van der Waals surface area contributed by atoms with Gasteiger partial charge in [-0.05, 0) is 68.2 Å². The van der Waals surface area contributed by atoms with Crippen molar-refractivity contribution in [3.63, 3.8) is 0 Å². The summed E-state index contributed by atoms with van der Waals surface area (Å²) < 4.78 is 12.3. The summed E-state index contributed by atoms with van der Waals surface area (Å²) in [5.74, 6) is 2.71. The topological polar surface area (TPSA) is 30.5 Å². The lowest BCUT2D eigenvalue weighted by Gasteiger charge is -2.15. The molecule has 1 aliphatic carbocycles. The highest BCUT2D eigenvalue weighted by Crippen LogP contribution is 2.29. The van der Waals surface area contributed by atoms with E-state index in [0.717, 1.165) is 56.2 Å². The van der Waals surface area contributed by atoms with Gasteiger partial charge in [-0.3, -0.25) is 0 Å². The molecule has 4 rings (SSSR count). The molecule has 0 atom stereocenters. The monoisotopic (exact) mass is 429 g/mol. The molecule has 1 N–H and O–H groups in total. The summed E-state index contributed by atoms with van der Waals surface area (Å²) >= 11 is 0. The second-order valence-electron chi connectivity index (χ2n) is 8.72. The molecule has 0 aliphatic heterocycles. The predicted octanol–water partition coefficient (Wildman–Crippen LogP) is 6.21. The summed E-state index contributed by atoms with van der Waals surface area (Å²) in [6, 6.07) is 27.5. The van der Waals surface area contributed by atoms with Crippen LogP contribution in [0.1, 0.15) is 42.4 Å². The van der Waals surface area contributed by atoms with E-state index in [4.69, 9.17) is 9.47 Å². The first kappa shape index (κ1) is 22.4. The fourth-order valence-corrected chi connectivity index (χ4v) is 3.85. The molecule has 0 amide bonds. The zero-order valence-electron chi connectivity index (χ0n) is 19.0. The molecule has 0 unspecified atom stereocenters. The predicted molar refractivity (Wildman–Crippen MR) is 131 cm³/mol. The maximum absolute atomic E-state index is 6.23. The van der Waals surface area contributed by atoms with E-state index < -0.39 is 0 Å². The van der Waals surface area contributed by atoms with Crippen LogP contribution in [-0.2, 0) is 19.4 Å². The van der Waals surface area contributed by atoms with Crippen LogP contribution in [0.25, 0.3) is 0 Å². The van der Waals surface area contributed by atoms with E-state index in [0.29, 0.717) is 13.2 Å². The van der Waals surface area contributed by atoms with Crippen LogP contribution in [0.4, 0.5) is 0 Å². The lowest BCUT2D eigenvalue weighted by molar-refractivity contribution is 0.293. The van der Waals surface area contributed by atoms with E-state index >= 15 is 0 Å². The molecular weight excluding hydrogens is 394 g/mol. The number of benzene rings is 3. The van der Waals surface area contributed by atoms with Crippen molar-refractivity contribution in [2.75, 3.05) is 19.8 Å². The Balaban J connectivity index is 1.28. The van der Waals surface area contributed by atoms with Gasteiger partial charge in [0.15, 0.2) is 0 Å². The van der Waals surface area contributed by atoms with Gasteiger partial charge in [0, 0.05) is 18.2 Å². The normalized spacial score (nSPS) is 13.1. The maximum atomic E-state index is 6.23. The van der Waals surface area contributed by atoms with Crippen molar-refractivity contribution in [2.24, 2.45) is 5.92 Å². The lowest BCUT2D eigenvalue weighted by atomic mass is 10.1. The summed E-state index contributed by atoms with van der Waals surface area (Å²) in [4.78, 5) is 0. The van der Waals surface area contributed by atoms with Gasteiger partial charge in [-0.1, -0.05) is 66.7 Å². The van der Waals surface area contributed by atoms with Gasteiger partial charge in [-0.2, -0.15) is 0 Å². The van der Waals surface area contributed by atoms with E-state index in [1.807, 2.05) is 0 Å². The Hall–Kier alpha value is -2.78. The minimum atomic E-state index is 0.710. The van der Waals surface area contributed by atoms with E-state index in [1.165, 1.54) is 29.5 Å². The van der Waals surface area contributed by atoms with Crippen molar-refractivity contribution in [2.45, 2.75) is 45.1 Å². The Morgan fingerprint density at radius 2 is 1.34 bits per heavy atom. The minimum absolute atomic E-state index is 0.710. The minimum Gasteiger partial charge on any atom is -0.493 e. The standard InChI is InChI=1S/C29H35NO2/c1-3-9-24(10-4-1)13-7-19-31-28-18-17-27(23-30-22-26-15-16-26)29(21-28)32-20-8-14-25-11-5-2-6-12-25/h1-6,9-12,17-18,21,26,30H,7-8,13-16,19-20,22-23H2. The third-order valence-corrected chi connectivity index (χ3v) is 5.92. The average molecular weight is 430 g/mol. The smallest absolute Gasteiger partial charge is 0.127 e. The first-order valence-electron chi connectivity index (χ1n) is 12.0. The van der Waals surface area contributed by atoms with Crippen LogP contribution in [-0.4, -0.2) is 19.8 Å². The molecule has 1 fully saturated rings. The molecule has 1 aliphatic rings. The van der Waals surface area contributed by atoms with Crippen molar-refractivity contribution >= 4 is 0 Å². The molecule has 0 heterocycles.